The fraction of sp³-hybridized carbons (Fsp3) is 0.278. The van der Waals surface area contributed by atoms with Crippen molar-refractivity contribution in [3.05, 3.63) is 63.2 Å². The van der Waals surface area contributed by atoms with E-state index in [1.807, 2.05) is 22.6 Å². The largest absolute Gasteiger partial charge is 0.370 e. The van der Waals surface area contributed by atoms with Crippen molar-refractivity contribution in [2.75, 3.05) is 31.1 Å². The molecule has 6 heteroatoms. The number of carbonyl (C=O) groups is 1. The van der Waals surface area contributed by atoms with Crippen molar-refractivity contribution in [1.82, 2.24) is 4.90 Å². The summed E-state index contributed by atoms with van der Waals surface area (Å²) in [5.41, 5.74) is 1.49. The molecule has 2 aromatic carbocycles. The van der Waals surface area contributed by atoms with Gasteiger partial charge in [-0.2, -0.15) is 0 Å². The molecule has 126 valence electrons. The van der Waals surface area contributed by atoms with Crippen LogP contribution in [-0.4, -0.2) is 37.0 Å². The molecule has 1 aliphatic heterocycles. The molecule has 1 fully saturated rings. The van der Waals surface area contributed by atoms with Gasteiger partial charge < -0.3 is 9.80 Å². The summed E-state index contributed by atoms with van der Waals surface area (Å²) < 4.78 is 26.9. The van der Waals surface area contributed by atoms with Gasteiger partial charge in [0, 0.05) is 35.4 Å². The maximum Gasteiger partial charge on any atom is 0.254 e. The zero-order valence-electron chi connectivity index (χ0n) is 13.0. The summed E-state index contributed by atoms with van der Waals surface area (Å²) in [6, 6.07) is 10.6. The quantitative estimate of drug-likeness (QED) is 0.659. The fourth-order valence-corrected chi connectivity index (χ4v) is 3.57. The first kappa shape index (κ1) is 17.1. The van der Waals surface area contributed by atoms with E-state index in [-0.39, 0.29) is 17.5 Å². The van der Waals surface area contributed by atoms with Gasteiger partial charge in [-0.1, -0.05) is 0 Å². The highest BCUT2D eigenvalue weighted by molar-refractivity contribution is 14.1. The molecule has 2 aromatic rings. The number of rotatable bonds is 2. The predicted octanol–water partition coefficient (Wildman–Crippen LogP) is 3.92. The van der Waals surface area contributed by atoms with E-state index >= 15 is 0 Å². The van der Waals surface area contributed by atoms with Crippen molar-refractivity contribution in [2.45, 2.75) is 6.42 Å². The minimum Gasteiger partial charge on any atom is -0.370 e. The Hall–Kier alpha value is -1.70. The van der Waals surface area contributed by atoms with E-state index in [2.05, 4.69) is 4.90 Å². The number of carbonyl (C=O) groups excluding carboxylic acids is 1. The Kier molecular flexibility index (Phi) is 5.33. The SMILES string of the molecule is O=C(c1ccc(F)cc1I)N1CCCN(c2ccc(F)cc2)CC1. The predicted molar refractivity (Wildman–Crippen MR) is 98.3 cm³/mol. The van der Waals surface area contributed by atoms with Crippen molar-refractivity contribution in [2.24, 2.45) is 0 Å². The van der Waals surface area contributed by atoms with Crippen LogP contribution in [0.2, 0.25) is 0 Å². The van der Waals surface area contributed by atoms with E-state index in [0.717, 1.165) is 18.7 Å². The zero-order valence-corrected chi connectivity index (χ0v) is 15.2. The molecule has 0 aliphatic carbocycles. The maximum absolute atomic E-state index is 13.2. The monoisotopic (exact) mass is 442 g/mol. The van der Waals surface area contributed by atoms with Gasteiger partial charge in [-0.25, -0.2) is 8.78 Å². The van der Waals surface area contributed by atoms with Crippen molar-refractivity contribution >= 4 is 34.2 Å². The van der Waals surface area contributed by atoms with Crippen molar-refractivity contribution < 1.29 is 13.6 Å². The molecule has 3 rings (SSSR count). The van der Waals surface area contributed by atoms with E-state index in [1.165, 1.54) is 24.3 Å². The topological polar surface area (TPSA) is 23.6 Å². The van der Waals surface area contributed by atoms with Gasteiger partial charge in [-0.3, -0.25) is 4.79 Å². The Balaban J connectivity index is 1.71. The average molecular weight is 442 g/mol. The lowest BCUT2D eigenvalue weighted by Crippen LogP contribution is -2.35. The first-order chi connectivity index (χ1) is 11.5. The van der Waals surface area contributed by atoms with Crippen LogP contribution in [-0.2, 0) is 0 Å². The second kappa shape index (κ2) is 7.46. The number of halogens is 3. The number of hydrogen-bond donors (Lipinski definition) is 0. The second-order valence-corrected chi connectivity index (χ2v) is 6.90. The standard InChI is InChI=1S/C18H17F2IN2O/c19-13-2-5-15(6-3-13)22-8-1-9-23(11-10-22)18(24)16-7-4-14(20)12-17(16)21/h2-7,12H,1,8-11H2. The van der Waals surface area contributed by atoms with Gasteiger partial charge in [0.25, 0.3) is 5.91 Å². The number of benzene rings is 2. The lowest BCUT2D eigenvalue weighted by molar-refractivity contribution is 0.0766. The molecule has 1 aliphatic rings. The zero-order chi connectivity index (χ0) is 17.1. The lowest BCUT2D eigenvalue weighted by atomic mass is 10.2. The fourth-order valence-electron chi connectivity index (χ4n) is 2.86. The summed E-state index contributed by atoms with van der Waals surface area (Å²) in [4.78, 5) is 16.7. The Labute approximate surface area is 153 Å². The molecule has 0 atom stereocenters. The van der Waals surface area contributed by atoms with Crippen molar-refractivity contribution in [3.63, 3.8) is 0 Å². The molecule has 0 saturated carbocycles. The molecule has 0 N–H and O–H groups in total. The Morgan fingerprint density at radius 3 is 2.33 bits per heavy atom. The van der Waals surface area contributed by atoms with Gasteiger partial charge in [-0.05, 0) is 71.5 Å². The summed E-state index contributed by atoms with van der Waals surface area (Å²) in [5, 5.41) is 0. The molecule has 1 saturated heterocycles. The van der Waals surface area contributed by atoms with E-state index in [0.29, 0.717) is 28.8 Å². The van der Waals surface area contributed by atoms with Gasteiger partial charge in [0.2, 0.25) is 0 Å². The number of anilines is 1. The first-order valence-electron chi connectivity index (χ1n) is 7.79. The van der Waals surface area contributed by atoms with Crippen LogP contribution in [0.25, 0.3) is 0 Å². The molecule has 0 spiro atoms. The van der Waals surface area contributed by atoms with Gasteiger partial charge in [0.15, 0.2) is 0 Å². The Morgan fingerprint density at radius 2 is 1.62 bits per heavy atom. The van der Waals surface area contributed by atoms with Crippen LogP contribution in [0.4, 0.5) is 14.5 Å². The van der Waals surface area contributed by atoms with Gasteiger partial charge in [-0.15, -0.1) is 0 Å². The molecule has 0 radical (unpaired) electrons. The highest BCUT2D eigenvalue weighted by Crippen LogP contribution is 2.20. The van der Waals surface area contributed by atoms with Crippen LogP contribution in [0.15, 0.2) is 42.5 Å². The molecule has 3 nitrogen and oxygen atoms in total. The van der Waals surface area contributed by atoms with E-state index in [9.17, 15) is 13.6 Å². The number of hydrogen-bond acceptors (Lipinski definition) is 2. The summed E-state index contributed by atoms with van der Waals surface area (Å²) in [6.45, 7) is 2.75. The summed E-state index contributed by atoms with van der Waals surface area (Å²) >= 11 is 1.99. The van der Waals surface area contributed by atoms with Gasteiger partial charge in [0.05, 0.1) is 5.56 Å². The van der Waals surface area contributed by atoms with Crippen LogP contribution in [0, 0.1) is 15.2 Å². The first-order valence-corrected chi connectivity index (χ1v) is 8.87. The normalized spacial score (nSPS) is 15.3. The summed E-state index contributed by atoms with van der Waals surface area (Å²) in [5.74, 6) is -0.661. The highest BCUT2D eigenvalue weighted by atomic mass is 127. The van der Waals surface area contributed by atoms with Crippen LogP contribution in [0.1, 0.15) is 16.8 Å². The summed E-state index contributed by atoms with van der Waals surface area (Å²) in [6.07, 6.45) is 0.834. The van der Waals surface area contributed by atoms with Crippen molar-refractivity contribution in [3.8, 4) is 0 Å². The van der Waals surface area contributed by atoms with E-state index < -0.39 is 0 Å². The molecule has 24 heavy (non-hydrogen) atoms. The van der Waals surface area contributed by atoms with Crippen molar-refractivity contribution in [1.29, 1.82) is 0 Å². The molecular weight excluding hydrogens is 425 g/mol. The Bertz CT molecular complexity index is 736. The van der Waals surface area contributed by atoms with Crippen LogP contribution >= 0.6 is 22.6 Å². The third kappa shape index (κ3) is 3.85. The smallest absolute Gasteiger partial charge is 0.254 e. The van der Waals surface area contributed by atoms with Crippen LogP contribution < -0.4 is 4.90 Å². The molecule has 0 bridgehead atoms. The lowest BCUT2D eigenvalue weighted by Gasteiger charge is -2.24. The molecule has 0 unspecified atom stereocenters. The summed E-state index contributed by atoms with van der Waals surface area (Å²) in [7, 11) is 0. The van der Waals surface area contributed by atoms with E-state index in [1.54, 1.807) is 23.1 Å². The Morgan fingerprint density at radius 1 is 0.917 bits per heavy atom. The van der Waals surface area contributed by atoms with Gasteiger partial charge >= 0.3 is 0 Å². The molecule has 0 aromatic heterocycles. The average Bonchev–Trinajstić information content (AvgIpc) is 2.81. The molecule has 1 heterocycles. The minimum atomic E-state index is -0.339. The highest BCUT2D eigenvalue weighted by Gasteiger charge is 2.22. The molecular formula is C18H17F2IN2O. The van der Waals surface area contributed by atoms with E-state index in [4.69, 9.17) is 0 Å². The third-order valence-electron chi connectivity index (χ3n) is 4.14. The second-order valence-electron chi connectivity index (χ2n) is 5.73. The van der Waals surface area contributed by atoms with Crippen LogP contribution in [0.3, 0.4) is 0 Å². The maximum atomic E-state index is 13.2. The third-order valence-corrected chi connectivity index (χ3v) is 5.03. The number of nitrogens with zero attached hydrogens (tertiary/aromatic N) is 2. The molecule has 1 amide bonds. The van der Waals surface area contributed by atoms with Gasteiger partial charge in [0.1, 0.15) is 11.6 Å². The minimum absolute atomic E-state index is 0.0691. The van der Waals surface area contributed by atoms with Crippen LogP contribution in [0.5, 0.6) is 0 Å². The number of amides is 1.